The number of fused-ring (bicyclic) bond motifs is 1. The van der Waals surface area contributed by atoms with E-state index in [2.05, 4.69) is 38.7 Å². The van der Waals surface area contributed by atoms with Crippen molar-refractivity contribution in [3.63, 3.8) is 0 Å². The van der Waals surface area contributed by atoms with E-state index in [1.54, 1.807) is 0 Å². The first kappa shape index (κ1) is 10.2. The number of rotatable bonds is 2. The summed E-state index contributed by atoms with van der Waals surface area (Å²) in [6.07, 6.45) is 1.53. The molecule has 0 aliphatic carbocycles. The van der Waals surface area contributed by atoms with Crippen molar-refractivity contribution in [3.05, 3.63) is 29.7 Å². The van der Waals surface area contributed by atoms with Gasteiger partial charge in [-0.15, -0.1) is 0 Å². The average molecular weight is 203 g/mol. The lowest BCUT2D eigenvalue weighted by molar-refractivity contribution is 0.602. The number of benzene rings is 1. The van der Waals surface area contributed by atoms with Crippen molar-refractivity contribution in [1.29, 1.82) is 0 Å². The SMILES string of the molecule is CC(C)c1ccc2ocnc2c1C(C)C. The van der Waals surface area contributed by atoms with Gasteiger partial charge in [-0.3, -0.25) is 0 Å². The second-order valence-electron chi connectivity index (χ2n) is 4.58. The summed E-state index contributed by atoms with van der Waals surface area (Å²) >= 11 is 0. The van der Waals surface area contributed by atoms with Crippen molar-refractivity contribution in [1.82, 2.24) is 4.98 Å². The summed E-state index contributed by atoms with van der Waals surface area (Å²) in [6.45, 7) is 8.84. The maximum Gasteiger partial charge on any atom is 0.181 e. The molecule has 0 spiro atoms. The van der Waals surface area contributed by atoms with Crippen LogP contribution in [0.3, 0.4) is 0 Å². The molecule has 0 atom stereocenters. The fourth-order valence-electron chi connectivity index (χ4n) is 2.08. The number of oxazole rings is 1. The summed E-state index contributed by atoms with van der Waals surface area (Å²) in [5, 5.41) is 0. The third-order valence-electron chi connectivity index (χ3n) is 2.77. The smallest absolute Gasteiger partial charge is 0.181 e. The molecule has 0 saturated carbocycles. The quantitative estimate of drug-likeness (QED) is 0.735. The Morgan fingerprint density at radius 1 is 1.07 bits per heavy atom. The van der Waals surface area contributed by atoms with E-state index in [9.17, 15) is 0 Å². The first-order chi connectivity index (χ1) is 7.11. The topological polar surface area (TPSA) is 26.0 Å². The zero-order valence-electron chi connectivity index (χ0n) is 9.74. The highest BCUT2D eigenvalue weighted by Crippen LogP contribution is 2.32. The molecule has 1 aromatic carbocycles. The van der Waals surface area contributed by atoms with Gasteiger partial charge in [-0.25, -0.2) is 4.98 Å². The highest BCUT2D eigenvalue weighted by atomic mass is 16.3. The van der Waals surface area contributed by atoms with Crippen LogP contribution in [0, 0.1) is 0 Å². The number of nitrogens with zero attached hydrogens (tertiary/aromatic N) is 1. The van der Waals surface area contributed by atoms with Gasteiger partial charge < -0.3 is 4.42 Å². The van der Waals surface area contributed by atoms with Crippen molar-refractivity contribution in [3.8, 4) is 0 Å². The van der Waals surface area contributed by atoms with Crippen LogP contribution in [0.4, 0.5) is 0 Å². The molecule has 2 aromatic rings. The second-order valence-corrected chi connectivity index (χ2v) is 4.58. The van der Waals surface area contributed by atoms with Crippen molar-refractivity contribution < 1.29 is 4.42 Å². The Morgan fingerprint density at radius 2 is 1.80 bits per heavy atom. The average Bonchev–Trinajstić information content (AvgIpc) is 2.62. The summed E-state index contributed by atoms with van der Waals surface area (Å²) in [4.78, 5) is 4.32. The molecule has 0 aliphatic heterocycles. The fraction of sp³-hybridized carbons (Fsp3) is 0.462. The van der Waals surface area contributed by atoms with Crippen molar-refractivity contribution in [2.75, 3.05) is 0 Å². The van der Waals surface area contributed by atoms with Crippen LogP contribution < -0.4 is 0 Å². The molecule has 0 unspecified atom stereocenters. The van der Waals surface area contributed by atoms with Gasteiger partial charge in [0.2, 0.25) is 0 Å². The molecule has 1 heterocycles. The number of hydrogen-bond donors (Lipinski definition) is 0. The van der Waals surface area contributed by atoms with Gasteiger partial charge in [-0.1, -0.05) is 33.8 Å². The number of hydrogen-bond acceptors (Lipinski definition) is 2. The maximum atomic E-state index is 5.33. The van der Waals surface area contributed by atoms with E-state index in [1.807, 2.05) is 6.07 Å². The lowest BCUT2D eigenvalue weighted by Gasteiger charge is -2.15. The predicted octanol–water partition coefficient (Wildman–Crippen LogP) is 4.07. The zero-order valence-corrected chi connectivity index (χ0v) is 9.74. The molecule has 0 aliphatic rings. The van der Waals surface area contributed by atoms with Gasteiger partial charge in [0.15, 0.2) is 12.0 Å². The zero-order chi connectivity index (χ0) is 11.0. The molecular weight excluding hydrogens is 186 g/mol. The summed E-state index contributed by atoms with van der Waals surface area (Å²) in [7, 11) is 0. The Morgan fingerprint density at radius 3 is 2.40 bits per heavy atom. The van der Waals surface area contributed by atoms with Crippen LogP contribution in [0.2, 0.25) is 0 Å². The normalized spacial score (nSPS) is 11.9. The highest BCUT2D eigenvalue weighted by molar-refractivity contribution is 5.78. The first-order valence-electron chi connectivity index (χ1n) is 5.47. The molecule has 2 rings (SSSR count). The van der Waals surface area contributed by atoms with E-state index in [1.165, 1.54) is 17.5 Å². The Balaban J connectivity index is 2.75. The van der Waals surface area contributed by atoms with Gasteiger partial charge in [-0.2, -0.15) is 0 Å². The second kappa shape index (κ2) is 3.69. The largest absolute Gasteiger partial charge is 0.443 e. The Bertz CT molecular complexity index is 468. The van der Waals surface area contributed by atoms with Crippen molar-refractivity contribution in [2.24, 2.45) is 0 Å². The van der Waals surface area contributed by atoms with Crippen LogP contribution in [0.5, 0.6) is 0 Å². The Kier molecular flexibility index (Phi) is 2.51. The number of aromatic nitrogens is 1. The molecule has 0 saturated heterocycles. The van der Waals surface area contributed by atoms with E-state index in [4.69, 9.17) is 4.42 Å². The Hall–Kier alpha value is -1.31. The van der Waals surface area contributed by atoms with Gasteiger partial charge in [0.05, 0.1) is 0 Å². The van der Waals surface area contributed by atoms with Gasteiger partial charge in [0.25, 0.3) is 0 Å². The third kappa shape index (κ3) is 1.65. The van der Waals surface area contributed by atoms with Crippen LogP contribution >= 0.6 is 0 Å². The third-order valence-corrected chi connectivity index (χ3v) is 2.77. The lowest BCUT2D eigenvalue weighted by atomic mass is 9.90. The van der Waals surface area contributed by atoms with Crippen molar-refractivity contribution >= 4 is 11.1 Å². The molecule has 2 heteroatoms. The molecule has 2 nitrogen and oxygen atoms in total. The van der Waals surface area contributed by atoms with E-state index in [0.717, 1.165) is 11.1 Å². The standard InChI is InChI=1S/C13H17NO/c1-8(2)10-5-6-11-13(14-7-15-11)12(10)9(3)4/h5-9H,1-4H3. The molecule has 0 radical (unpaired) electrons. The van der Waals surface area contributed by atoms with Gasteiger partial charge in [-0.05, 0) is 29.0 Å². The fourth-order valence-corrected chi connectivity index (χ4v) is 2.08. The predicted molar refractivity (Wildman–Crippen MR) is 62.2 cm³/mol. The van der Waals surface area contributed by atoms with Crippen LogP contribution in [0.1, 0.15) is 50.7 Å². The minimum absolute atomic E-state index is 0.483. The van der Waals surface area contributed by atoms with Crippen LogP contribution in [0.15, 0.2) is 22.9 Å². The monoisotopic (exact) mass is 203 g/mol. The Labute approximate surface area is 90.3 Å². The molecule has 0 fully saturated rings. The lowest BCUT2D eigenvalue weighted by Crippen LogP contribution is -1.99. The molecular formula is C13H17NO. The highest BCUT2D eigenvalue weighted by Gasteiger charge is 2.15. The molecule has 0 amide bonds. The minimum atomic E-state index is 0.483. The van der Waals surface area contributed by atoms with Gasteiger partial charge >= 0.3 is 0 Å². The van der Waals surface area contributed by atoms with Gasteiger partial charge in [0.1, 0.15) is 5.52 Å². The van der Waals surface area contributed by atoms with E-state index in [0.29, 0.717) is 11.8 Å². The van der Waals surface area contributed by atoms with Crippen LogP contribution in [0.25, 0.3) is 11.1 Å². The van der Waals surface area contributed by atoms with E-state index < -0.39 is 0 Å². The van der Waals surface area contributed by atoms with Crippen LogP contribution in [-0.4, -0.2) is 4.98 Å². The van der Waals surface area contributed by atoms with E-state index >= 15 is 0 Å². The van der Waals surface area contributed by atoms with E-state index in [-0.39, 0.29) is 0 Å². The molecule has 0 N–H and O–H groups in total. The molecule has 0 bridgehead atoms. The summed E-state index contributed by atoms with van der Waals surface area (Å²) in [5.74, 6) is 1.01. The van der Waals surface area contributed by atoms with Crippen molar-refractivity contribution in [2.45, 2.75) is 39.5 Å². The minimum Gasteiger partial charge on any atom is -0.443 e. The van der Waals surface area contributed by atoms with Gasteiger partial charge in [0, 0.05) is 0 Å². The summed E-state index contributed by atoms with van der Waals surface area (Å²) in [5.41, 5.74) is 4.63. The molecule has 80 valence electrons. The summed E-state index contributed by atoms with van der Waals surface area (Å²) in [6, 6.07) is 4.18. The summed E-state index contributed by atoms with van der Waals surface area (Å²) < 4.78 is 5.33. The maximum absolute atomic E-state index is 5.33. The molecule has 1 aromatic heterocycles. The molecule has 15 heavy (non-hydrogen) atoms. The first-order valence-corrected chi connectivity index (χ1v) is 5.47. The van der Waals surface area contributed by atoms with Crippen LogP contribution in [-0.2, 0) is 0 Å².